The van der Waals surface area contributed by atoms with Gasteiger partial charge >= 0.3 is 5.96 Å². The maximum atomic E-state index is 12.1. The molecule has 0 bridgehead atoms. The average Bonchev–Trinajstić information content (AvgIpc) is 2.61. The Morgan fingerprint density at radius 3 is 2.32 bits per heavy atom. The predicted octanol–water partition coefficient (Wildman–Crippen LogP) is 0.266. The molecule has 0 fully saturated rings. The number of nitrogens with two attached hydrogens (primary N) is 1. The van der Waals surface area contributed by atoms with Gasteiger partial charge in [0, 0.05) is 0 Å². The van der Waals surface area contributed by atoms with Gasteiger partial charge in [0.2, 0.25) is 0 Å². The van der Waals surface area contributed by atoms with E-state index in [1.54, 1.807) is 26.4 Å². The molecule has 25 heavy (non-hydrogen) atoms. The first kappa shape index (κ1) is 18.3. The zero-order valence-corrected chi connectivity index (χ0v) is 14.8. The second-order valence-corrected chi connectivity index (χ2v) is 5.67. The number of methoxy groups -OCH3 is 2. The van der Waals surface area contributed by atoms with E-state index in [-0.39, 0.29) is 18.3 Å². The minimum atomic E-state index is -0.207. The molecule has 132 valence electrons. The number of benzene rings is 2. The lowest BCUT2D eigenvalue weighted by molar-refractivity contribution is -0.478. The Morgan fingerprint density at radius 2 is 1.68 bits per heavy atom. The van der Waals surface area contributed by atoms with Crippen molar-refractivity contribution >= 4 is 11.9 Å². The van der Waals surface area contributed by atoms with Gasteiger partial charge in [-0.3, -0.25) is 15.5 Å². The molecule has 6 heteroatoms. The molecule has 0 aliphatic carbocycles. The molecule has 0 aromatic heterocycles. The summed E-state index contributed by atoms with van der Waals surface area (Å²) in [5, 5.41) is 2.65. The van der Waals surface area contributed by atoms with Crippen LogP contribution in [0.3, 0.4) is 0 Å². The first-order valence-corrected chi connectivity index (χ1v) is 7.94. The van der Waals surface area contributed by atoms with Crippen LogP contribution in [0.1, 0.15) is 16.7 Å². The van der Waals surface area contributed by atoms with Crippen LogP contribution in [0.25, 0.3) is 0 Å². The molecule has 6 nitrogen and oxygen atoms in total. The van der Waals surface area contributed by atoms with Gasteiger partial charge in [-0.05, 0) is 30.2 Å². The van der Waals surface area contributed by atoms with Crippen molar-refractivity contribution in [2.24, 2.45) is 5.73 Å². The Labute approximate surface area is 147 Å². The van der Waals surface area contributed by atoms with Crippen LogP contribution < -0.4 is 25.5 Å². The summed E-state index contributed by atoms with van der Waals surface area (Å²) < 4.78 is 10.4. The molecule has 0 atom stereocenters. The molecule has 1 amide bonds. The summed E-state index contributed by atoms with van der Waals surface area (Å²) in [6.45, 7) is 2.58. The molecular weight excluding hydrogens is 318 g/mol. The average molecular weight is 342 g/mol. The normalized spacial score (nSPS) is 11.1. The fraction of sp³-hybridized carbons (Fsp3) is 0.263. The van der Waals surface area contributed by atoms with E-state index in [2.05, 4.69) is 10.3 Å². The van der Waals surface area contributed by atoms with E-state index in [0.29, 0.717) is 18.0 Å². The number of hydrogen-bond donors (Lipinski definition) is 3. The van der Waals surface area contributed by atoms with Crippen molar-refractivity contribution in [1.29, 1.82) is 0 Å². The Hall–Kier alpha value is -3.02. The molecule has 4 N–H and O–H groups in total. The number of guanidine groups is 1. The summed E-state index contributed by atoms with van der Waals surface area (Å²) in [6.07, 6.45) is 0.188. The van der Waals surface area contributed by atoms with Crippen LogP contribution in [0.4, 0.5) is 0 Å². The van der Waals surface area contributed by atoms with Crippen molar-refractivity contribution in [2.45, 2.75) is 19.9 Å². The summed E-state index contributed by atoms with van der Waals surface area (Å²) in [6, 6.07) is 13.4. The van der Waals surface area contributed by atoms with Gasteiger partial charge in [-0.2, -0.15) is 0 Å². The van der Waals surface area contributed by atoms with Crippen LogP contribution in [0.5, 0.6) is 11.5 Å². The van der Waals surface area contributed by atoms with Gasteiger partial charge in [0.25, 0.3) is 5.91 Å². The molecule has 0 heterocycles. The van der Waals surface area contributed by atoms with E-state index < -0.39 is 0 Å². The summed E-state index contributed by atoms with van der Waals surface area (Å²) in [7, 11) is 3.13. The number of amides is 1. The highest BCUT2D eigenvalue weighted by Crippen LogP contribution is 2.27. The van der Waals surface area contributed by atoms with Gasteiger partial charge in [-0.1, -0.05) is 35.9 Å². The lowest BCUT2D eigenvalue weighted by Gasteiger charge is -2.08. The molecule has 2 aromatic rings. The Morgan fingerprint density at radius 1 is 1.04 bits per heavy atom. The summed E-state index contributed by atoms with van der Waals surface area (Å²) in [5.41, 5.74) is 8.93. The largest absolute Gasteiger partial charge is 0.493 e. The smallest absolute Gasteiger partial charge is 0.348 e. The van der Waals surface area contributed by atoms with Crippen molar-refractivity contribution < 1.29 is 19.3 Å². The van der Waals surface area contributed by atoms with Crippen molar-refractivity contribution in [3.63, 3.8) is 0 Å². The van der Waals surface area contributed by atoms with Crippen LogP contribution in [0.15, 0.2) is 42.5 Å². The van der Waals surface area contributed by atoms with Crippen LogP contribution in [0, 0.1) is 6.92 Å². The van der Waals surface area contributed by atoms with Gasteiger partial charge in [0.05, 0.1) is 27.2 Å². The molecule has 0 unspecified atom stereocenters. The molecule has 2 rings (SSSR count). The van der Waals surface area contributed by atoms with Gasteiger partial charge in [0.1, 0.15) is 0 Å². The summed E-state index contributed by atoms with van der Waals surface area (Å²) in [5.74, 6) is 1.23. The lowest BCUT2D eigenvalue weighted by atomic mass is 10.1. The summed E-state index contributed by atoms with van der Waals surface area (Å²) >= 11 is 0. The molecule has 0 aliphatic heterocycles. The van der Waals surface area contributed by atoms with Crippen LogP contribution in [-0.4, -0.2) is 26.1 Å². The van der Waals surface area contributed by atoms with E-state index in [1.807, 2.05) is 37.3 Å². The monoisotopic (exact) mass is 342 g/mol. The van der Waals surface area contributed by atoms with E-state index >= 15 is 0 Å². The van der Waals surface area contributed by atoms with E-state index in [4.69, 9.17) is 15.2 Å². The van der Waals surface area contributed by atoms with Gasteiger partial charge in [-0.25, -0.2) is 5.32 Å². The van der Waals surface area contributed by atoms with E-state index in [1.165, 1.54) is 5.56 Å². The van der Waals surface area contributed by atoms with Crippen molar-refractivity contribution in [3.8, 4) is 11.5 Å². The topological polar surface area (TPSA) is 87.5 Å². The number of ether oxygens (including phenoxy) is 2. The molecule has 0 radical (unpaired) electrons. The van der Waals surface area contributed by atoms with Crippen molar-refractivity contribution in [2.75, 3.05) is 14.2 Å². The van der Waals surface area contributed by atoms with Gasteiger partial charge < -0.3 is 9.47 Å². The number of carbonyl (C=O) groups is 1. The van der Waals surface area contributed by atoms with Crippen LogP contribution >= 0.6 is 0 Å². The highest BCUT2D eigenvalue weighted by molar-refractivity contribution is 5.94. The number of nitrogens with one attached hydrogen (secondary N) is 2. The molecular formula is C19H24N3O3+. The first-order valence-electron chi connectivity index (χ1n) is 7.94. The number of aryl methyl sites for hydroxylation is 1. The highest BCUT2D eigenvalue weighted by atomic mass is 16.5. The Kier molecular flexibility index (Phi) is 6.39. The van der Waals surface area contributed by atoms with E-state index in [0.717, 1.165) is 11.1 Å². The maximum Gasteiger partial charge on any atom is 0.348 e. The molecule has 0 saturated heterocycles. The molecule has 2 aromatic carbocycles. The third-order valence-corrected chi connectivity index (χ3v) is 3.69. The second-order valence-electron chi connectivity index (χ2n) is 5.67. The first-order chi connectivity index (χ1) is 12.0. The quantitative estimate of drug-likeness (QED) is 0.519. The Bertz CT molecular complexity index is 755. The summed E-state index contributed by atoms with van der Waals surface area (Å²) in [4.78, 5) is 15.1. The van der Waals surface area contributed by atoms with Gasteiger partial charge in [0.15, 0.2) is 11.5 Å². The van der Waals surface area contributed by atoms with E-state index in [9.17, 15) is 4.79 Å². The fourth-order valence-electron chi connectivity index (χ4n) is 2.32. The lowest BCUT2D eigenvalue weighted by Crippen LogP contribution is -2.77. The van der Waals surface area contributed by atoms with Crippen molar-refractivity contribution in [3.05, 3.63) is 59.2 Å². The third kappa shape index (κ3) is 5.53. The zero-order chi connectivity index (χ0) is 18.2. The minimum absolute atomic E-state index is 0.188. The number of carbonyl (C=O) groups excluding carboxylic acids is 1. The fourth-order valence-corrected chi connectivity index (χ4v) is 2.32. The van der Waals surface area contributed by atoms with Crippen LogP contribution in [0.2, 0.25) is 0 Å². The molecule has 0 saturated carbocycles. The van der Waals surface area contributed by atoms with Crippen molar-refractivity contribution in [1.82, 2.24) is 5.32 Å². The van der Waals surface area contributed by atoms with Gasteiger partial charge in [-0.15, -0.1) is 0 Å². The van der Waals surface area contributed by atoms with Crippen LogP contribution in [-0.2, 0) is 17.8 Å². The number of hydrogen-bond acceptors (Lipinski definition) is 3. The molecule has 0 aliphatic rings. The molecule has 0 spiro atoms. The maximum absolute atomic E-state index is 12.1. The second kappa shape index (κ2) is 8.73. The highest BCUT2D eigenvalue weighted by Gasteiger charge is 2.12. The SMILES string of the molecule is COc1ccc(CC(=O)NC(N)=[NH+]Cc2ccc(C)cc2)cc1OC. The zero-order valence-electron chi connectivity index (χ0n) is 14.8. The Balaban J connectivity index is 1.92. The number of rotatable bonds is 6. The predicted molar refractivity (Wildman–Crippen MR) is 96.4 cm³/mol. The minimum Gasteiger partial charge on any atom is -0.493 e. The standard InChI is InChI=1S/C19H23N3O3/c1-13-4-6-14(7-5-13)12-21-19(20)22-18(23)11-15-8-9-16(24-2)17(10-15)25-3/h4-10H,11-12H2,1-3H3,(H3,20,21,22,23)/p+1. The third-order valence-electron chi connectivity index (χ3n) is 3.69.